The lowest BCUT2D eigenvalue weighted by Crippen LogP contribution is -2.05. The summed E-state index contributed by atoms with van der Waals surface area (Å²) in [5.74, 6) is 0.437. The van der Waals surface area contributed by atoms with E-state index in [4.69, 9.17) is 9.47 Å². The van der Waals surface area contributed by atoms with Crippen molar-refractivity contribution in [3.63, 3.8) is 0 Å². The van der Waals surface area contributed by atoms with Gasteiger partial charge in [-0.25, -0.2) is 4.39 Å². The molecule has 0 bridgehead atoms. The third-order valence-electron chi connectivity index (χ3n) is 2.06. The highest BCUT2D eigenvalue weighted by atomic mass is 19.1. The predicted octanol–water partition coefficient (Wildman–Crippen LogP) is 1.99. The van der Waals surface area contributed by atoms with Crippen LogP contribution in [0, 0.1) is 5.82 Å². The van der Waals surface area contributed by atoms with Crippen LogP contribution < -0.4 is 4.74 Å². The van der Waals surface area contributed by atoms with Crippen molar-refractivity contribution in [1.29, 1.82) is 0 Å². The molecule has 0 amide bonds. The average Bonchev–Trinajstić information content (AvgIpc) is 2.81. The standard InChI is InChI=1S/C10H11FO2/c1-7-10(13-7)6-12-9-4-2-8(11)3-5-9/h2-5,7,10H,6H2,1H3. The monoisotopic (exact) mass is 182 g/mol. The molecule has 2 unspecified atom stereocenters. The molecular weight excluding hydrogens is 171 g/mol. The normalized spacial score (nSPS) is 25.7. The Morgan fingerprint density at radius 3 is 2.54 bits per heavy atom. The van der Waals surface area contributed by atoms with E-state index < -0.39 is 0 Å². The van der Waals surface area contributed by atoms with Gasteiger partial charge in [0, 0.05) is 0 Å². The predicted molar refractivity (Wildman–Crippen MR) is 46.2 cm³/mol. The van der Waals surface area contributed by atoms with Crippen molar-refractivity contribution < 1.29 is 13.9 Å². The number of halogens is 1. The number of hydrogen-bond acceptors (Lipinski definition) is 2. The molecule has 0 spiro atoms. The van der Waals surface area contributed by atoms with Gasteiger partial charge >= 0.3 is 0 Å². The number of ether oxygens (including phenoxy) is 2. The van der Waals surface area contributed by atoms with E-state index >= 15 is 0 Å². The number of benzene rings is 1. The second-order valence-corrected chi connectivity index (χ2v) is 3.14. The Bertz CT molecular complexity index is 283. The highest BCUT2D eigenvalue weighted by molar-refractivity contribution is 5.22. The van der Waals surface area contributed by atoms with Crippen LogP contribution in [-0.4, -0.2) is 18.8 Å². The topological polar surface area (TPSA) is 21.8 Å². The first-order valence-electron chi connectivity index (χ1n) is 4.29. The van der Waals surface area contributed by atoms with Gasteiger partial charge in [0.05, 0.1) is 6.10 Å². The van der Waals surface area contributed by atoms with Gasteiger partial charge in [-0.3, -0.25) is 0 Å². The van der Waals surface area contributed by atoms with E-state index in [0.717, 1.165) is 0 Å². The Balaban J connectivity index is 1.84. The van der Waals surface area contributed by atoms with E-state index in [1.165, 1.54) is 12.1 Å². The van der Waals surface area contributed by atoms with Crippen LogP contribution in [0.15, 0.2) is 24.3 Å². The van der Waals surface area contributed by atoms with Crippen LogP contribution in [0.1, 0.15) is 6.92 Å². The maximum Gasteiger partial charge on any atom is 0.123 e. The van der Waals surface area contributed by atoms with E-state index in [1.54, 1.807) is 12.1 Å². The highest BCUT2D eigenvalue weighted by Gasteiger charge is 2.34. The van der Waals surface area contributed by atoms with Gasteiger partial charge in [0.2, 0.25) is 0 Å². The number of epoxide rings is 1. The molecule has 3 heteroatoms. The molecule has 0 N–H and O–H groups in total. The summed E-state index contributed by atoms with van der Waals surface area (Å²) in [6, 6.07) is 5.99. The van der Waals surface area contributed by atoms with Gasteiger partial charge in [-0.1, -0.05) is 0 Å². The van der Waals surface area contributed by atoms with Gasteiger partial charge in [0.25, 0.3) is 0 Å². The summed E-state index contributed by atoms with van der Waals surface area (Å²) in [5, 5.41) is 0. The van der Waals surface area contributed by atoms with Crippen molar-refractivity contribution in [2.75, 3.05) is 6.61 Å². The minimum Gasteiger partial charge on any atom is -0.491 e. The van der Waals surface area contributed by atoms with Crippen molar-refractivity contribution in [3.8, 4) is 5.75 Å². The largest absolute Gasteiger partial charge is 0.491 e. The van der Waals surface area contributed by atoms with E-state index in [2.05, 4.69) is 0 Å². The molecule has 1 aromatic carbocycles. The zero-order chi connectivity index (χ0) is 9.26. The zero-order valence-corrected chi connectivity index (χ0v) is 7.37. The van der Waals surface area contributed by atoms with Crippen LogP contribution in [0.2, 0.25) is 0 Å². The first-order valence-corrected chi connectivity index (χ1v) is 4.29. The number of rotatable bonds is 3. The van der Waals surface area contributed by atoms with Crippen molar-refractivity contribution in [2.24, 2.45) is 0 Å². The molecule has 13 heavy (non-hydrogen) atoms. The lowest BCUT2D eigenvalue weighted by atomic mass is 10.3. The summed E-state index contributed by atoms with van der Waals surface area (Å²) in [5.41, 5.74) is 0. The molecule has 1 aromatic rings. The second-order valence-electron chi connectivity index (χ2n) is 3.14. The van der Waals surface area contributed by atoms with Crippen LogP contribution >= 0.6 is 0 Å². The molecule has 2 atom stereocenters. The summed E-state index contributed by atoms with van der Waals surface area (Å²) in [6.07, 6.45) is 0.519. The molecular formula is C10H11FO2. The first-order chi connectivity index (χ1) is 6.25. The lowest BCUT2D eigenvalue weighted by Gasteiger charge is -2.02. The van der Waals surface area contributed by atoms with Crippen LogP contribution in [0.25, 0.3) is 0 Å². The maximum absolute atomic E-state index is 12.5. The summed E-state index contributed by atoms with van der Waals surface area (Å²) in [7, 11) is 0. The fraction of sp³-hybridized carbons (Fsp3) is 0.400. The SMILES string of the molecule is CC1OC1COc1ccc(F)cc1. The highest BCUT2D eigenvalue weighted by Crippen LogP contribution is 2.22. The van der Waals surface area contributed by atoms with Gasteiger partial charge in [-0.2, -0.15) is 0 Å². The van der Waals surface area contributed by atoms with Crippen molar-refractivity contribution in [1.82, 2.24) is 0 Å². The molecule has 2 rings (SSSR count). The maximum atomic E-state index is 12.5. The molecule has 1 heterocycles. The Morgan fingerprint density at radius 1 is 1.38 bits per heavy atom. The van der Waals surface area contributed by atoms with Crippen LogP contribution in [0.5, 0.6) is 5.75 Å². The molecule has 1 aliphatic heterocycles. The lowest BCUT2D eigenvalue weighted by molar-refractivity contribution is 0.260. The molecule has 0 aliphatic carbocycles. The molecule has 0 aromatic heterocycles. The average molecular weight is 182 g/mol. The second kappa shape index (κ2) is 3.34. The van der Waals surface area contributed by atoms with Crippen LogP contribution in [0.4, 0.5) is 4.39 Å². The van der Waals surface area contributed by atoms with E-state index in [-0.39, 0.29) is 11.9 Å². The minimum absolute atomic E-state index is 0.213. The van der Waals surface area contributed by atoms with Gasteiger partial charge in [0.15, 0.2) is 0 Å². The molecule has 1 saturated heterocycles. The Kier molecular flexibility index (Phi) is 2.19. The van der Waals surface area contributed by atoms with Crippen LogP contribution in [-0.2, 0) is 4.74 Å². The van der Waals surface area contributed by atoms with Crippen molar-refractivity contribution in [2.45, 2.75) is 19.1 Å². The molecule has 1 fully saturated rings. The molecule has 70 valence electrons. The third kappa shape index (κ3) is 2.18. The summed E-state index contributed by atoms with van der Waals surface area (Å²) < 4.78 is 23.0. The molecule has 1 aliphatic rings. The van der Waals surface area contributed by atoms with Gasteiger partial charge in [-0.15, -0.1) is 0 Å². The van der Waals surface area contributed by atoms with Crippen LogP contribution in [0.3, 0.4) is 0 Å². The minimum atomic E-state index is -0.247. The zero-order valence-electron chi connectivity index (χ0n) is 7.37. The molecule has 2 nitrogen and oxygen atoms in total. The smallest absolute Gasteiger partial charge is 0.123 e. The van der Waals surface area contributed by atoms with Gasteiger partial charge in [0.1, 0.15) is 24.3 Å². The fourth-order valence-corrected chi connectivity index (χ4v) is 1.11. The Morgan fingerprint density at radius 2 is 2.00 bits per heavy atom. The van der Waals surface area contributed by atoms with E-state index in [0.29, 0.717) is 18.5 Å². The summed E-state index contributed by atoms with van der Waals surface area (Å²) >= 11 is 0. The van der Waals surface area contributed by atoms with Crippen molar-refractivity contribution in [3.05, 3.63) is 30.1 Å². The Labute approximate surface area is 76.3 Å². The molecule has 0 radical (unpaired) electrons. The number of hydrogen-bond donors (Lipinski definition) is 0. The Hall–Kier alpha value is -1.09. The van der Waals surface area contributed by atoms with Gasteiger partial charge < -0.3 is 9.47 Å². The van der Waals surface area contributed by atoms with E-state index in [9.17, 15) is 4.39 Å². The fourth-order valence-electron chi connectivity index (χ4n) is 1.11. The van der Waals surface area contributed by atoms with Crippen molar-refractivity contribution >= 4 is 0 Å². The van der Waals surface area contributed by atoms with Gasteiger partial charge in [-0.05, 0) is 31.2 Å². The first kappa shape index (κ1) is 8.51. The summed E-state index contributed by atoms with van der Waals surface area (Å²) in [4.78, 5) is 0. The van der Waals surface area contributed by atoms with E-state index in [1.807, 2.05) is 6.92 Å². The summed E-state index contributed by atoms with van der Waals surface area (Å²) in [6.45, 7) is 2.55. The third-order valence-corrected chi connectivity index (χ3v) is 2.06. The molecule has 0 saturated carbocycles. The quantitative estimate of drug-likeness (QED) is 0.667.